The monoisotopic (exact) mass is 336 g/mol. The van der Waals surface area contributed by atoms with E-state index in [1.54, 1.807) is 0 Å². The smallest absolute Gasteiger partial charge is 0.422 e. The summed E-state index contributed by atoms with van der Waals surface area (Å²) in [6.45, 7) is -0.0238. The second-order valence-corrected chi connectivity index (χ2v) is 5.51. The van der Waals surface area contributed by atoms with E-state index in [0.717, 1.165) is 19.4 Å². The second kappa shape index (κ2) is 7.19. The maximum Gasteiger partial charge on any atom is 0.422 e. The number of nitrogens with one attached hydrogen (secondary N) is 2. The van der Waals surface area contributed by atoms with E-state index in [9.17, 15) is 18.0 Å². The van der Waals surface area contributed by atoms with Gasteiger partial charge in [0.25, 0.3) is 0 Å². The highest BCUT2D eigenvalue weighted by molar-refractivity contribution is 6.30. The molecular weight excluding hydrogens is 321 g/mol. The molecule has 1 aliphatic heterocycles. The number of amides is 1. The lowest BCUT2D eigenvalue weighted by Crippen LogP contribution is -2.37. The van der Waals surface area contributed by atoms with Gasteiger partial charge >= 0.3 is 6.18 Å². The fraction of sp³-hybridized carbons (Fsp3) is 0.500. The third kappa shape index (κ3) is 5.06. The van der Waals surface area contributed by atoms with E-state index in [0.29, 0.717) is 6.54 Å². The van der Waals surface area contributed by atoms with Gasteiger partial charge in [0.1, 0.15) is 5.75 Å². The van der Waals surface area contributed by atoms with Crippen LogP contribution in [0.15, 0.2) is 18.2 Å². The number of alkyl halides is 3. The Morgan fingerprint density at radius 3 is 2.86 bits per heavy atom. The molecule has 0 unspecified atom stereocenters. The molecule has 2 N–H and O–H groups in total. The molecule has 1 fully saturated rings. The normalized spacial score (nSPS) is 18.8. The Morgan fingerprint density at radius 2 is 2.23 bits per heavy atom. The number of hydrogen-bond donors (Lipinski definition) is 2. The van der Waals surface area contributed by atoms with E-state index in [2.05, 4.69) is 10.6 Å². The summed E-state index contributed by atoms with van der Waals surface area (Å²) in [5, 5.41) is 5.95. The topological polar surface area (TPSA) is 50.4 Å². The number of piperidine rings is 1. The van der Waals surface area contributed by atoms with Crippen LogP contribution in [0.4, 0.5) is 18.9 Å². The lowest BCUT2D eigenvalue weighted by Gasteiger charge is -2.22. The van der Waals surface area contributed by atoms with Crippen LogP contribution < -0.4 is 15.4 Å². The van der Waals surface area contributed by atoms with E-state index >= 15 is 0 Å². The predicted octanol–water partition coefficient (Wildman–Crippen LogP) is 3.22. The molecule has 8 heteroatoms. The van der Waals surface area contributed by atoms with E-state index in [1.165, 1.54) is 18.2 Å². The van der Waals surface area contributed by atoms with Crippen LogP contribution in [0, 0.1) is 5.92 Å². The lowest BCUT2D eigenvalue weighted by molar-refractivity contribution is -0.153. The molecule has 4 nitrogen and oxygen atoms in total. The summed E-state index contributed by atoms with van der Waals surface area (Å²) in [4.78, 5) is 12.1. The summed E-state index contributed by atoms with van der Waals surface area (Å²) in [6.07, 6.45) is -2.84. The first-order valence-electron chi connectivity index (χ1n) is 6.86. The first kappa shape index (κ1) is 16.9. The Hall–Kier alpha value is -1.47. The van der Waals surface area contributed by atoms with E-state index < -0.39 is 12.8 Å². The number of ether oxygens (including phenoxy) is 1. The Labute approximate surface area is 131 Å². The fourth-order valence-electron chi connectivity index (χ4n) is 2.19. The predicted molar refractivity (Wildman–Crippen MR) is 77.2 cm³/mol. The van der Waals surface area contributed by atoms with Gasteiger partial charge in [-0.1, -0.05) is 11.6 Å². The average Bonchev–Trinajstić information content (AvgIpc) is 2.47. The minimum absolute atomic E-state index is 0.0954. The first-order chi connectivity index (χ1) is 10.3. The van der Waals surface area contributed by atoms with Crippen molar-refractivity contribution in [3.05, 3.63) is 23.2 Å². The number of halogens is 4. The molecule has 0 aromatic heterocycles. The maximum absolute atomic E-state index is 12.3. The van der Waals surface area contributed by atoms with Gasteiger partial charge in [-0.3, -0.25) is 4.79 Å². The van der Waals surface area contributed by atoms with Crippen molar-refractivity contribution < 1.29 is 22.7 Å². The van der Waals surface area contributed by atoms with Crippen LogP contribution in [0.2, 0.25) is 5.02 Å². The van der Waals surface area contributed by atoms with Crippen LogP contribution in [0.3, 0.4) is 0 Å². The van der Waals surface area contributed by atoms with Crippen LogP contribution in [0.5, 0.6) is 5.75 Å². The quantitative estimate of drug-likeness (QED) is 0.887. The van der Waals surface area contributed by atoms with Gasteiger partial charge < -0.3 is 15.4 Å². The summed E-state index contributed by atoms with van der Waals surface area (Å²) in [5.41, 5.74) is 0.184. The van der Waals surface area contributed by atoms with Gasteiger partial charge in [0.15, 0.2) is 6.61 Å². The molecule has 1 amide bonds. The molecule has 1 atom stereocenters. The number of hydrogen-bond acceptors (Lipinski definition) is 3. The van der Waals surface area contributed by atoms with E-state index in [-0.39, 0.29) is 28.3 Å². The molecule has 22 heavy (non-hydrogen) atoms. The molecule has 1 aromatic carbocycles. The minimum Gasteiger partial charge on any atom is -0.482 e. The summed E-state index contributed by atoms with van der Waals surface area (Å²) in [5.74, 6) is -0.548. The van der Waals surface area contributed by atoms with Crippen molar-refractivity contribution >= 4 is 23.2 Å². The number of anilines is 1. The summed E-state index contributed by atoms with van der Waals surface area (Å²) in [7, 11) is 0. The molecule has 0 aliphatic carbocycles. The number of carbonyl (C=O) groups excluding carboxylic acids is 1. The average molecular weight is 337 g/mol. The summed E-state index contributed by atoms with van der Waals surface area (Å²) in [6, 6.07) is 4.17. The Balaban J connectivity index is 2.07. The zero-order valence-corrected chi connectivity index (χ0v) is 12.4. The molecule has 0 spiro atoms. The van der Waals surface area contributed by atoms with Crippen LogP contribution in [-0.2, 0) is 4.79 Å². The molecular formula is C14H16ClF3N2O2. The molecule has 1 aromatic rings. The van der Waals surface area contributed by atoms with Crippen LogP contribution in [0.1, 0.15) is 12.8 Å². The van der Waals surface area contributed by atoms with Crippen LogP contribution in [-0.4, -0.2) is 31.8 Å². The lowest BCUT2D eigenvalue weighted by atomic mass is 9.99. The molecule has 1 aliphatic rings. The second-order valence-electron chi connectivity index (χ2n) is 5.08. The number of carbonyl (C=O) groups is 1. The van der Waals surface area contributed by atoms with Crippen molar-refractivity contribution in [1.29, 1.82) is 0 Å². The molecule has 1 heterocycles. The zero-order valence-electron chi connectivity index (χ0n) is 11.7. The molecule has 0 bridgehead atoms. The zero-order chi connectivity index (χ0) is 16.2. The highest BCUT2D eigenvalue weighted by Gasteiger charge is 2.29. The van der Waals surface area contributed by atoms with Crippen molar-refractivity contribution in [2.75, 3.05) is 25.0 Å². The van der Waals surface area contributed by atoms with Crippen molar-refractivity contribution in [3.8, 4) is 5.75 Å². The third-order valence-electron chi connectivity index (χ3n) is 3.26. The summed E-state index contributed by atoms with van der Waals surface area (Å²) < 4.78 is 41.6. The summed E-state index contributed by atoms with van der Waals surface area (Å²) >= 11 is 5.77. The molecule has 122 valence electrons. The Morgan fingerprint density at radius 1 is 1.45 bits per heavy atom. The fourth-order valence-corrected chi connectivity index (χ4v) is 2.35. The van der Waals surface area contributed by atoms with Gasteiger partial charge in [0.2, 0.25) is 5.91 Å². The largest absolute Gasteiger partial charge is 0.482 e. The van der Waals surface area contributed by atoms with Crippen molar-refractivity contribution in [1.82, 2.24) is 5.32 Å². The third-order valence-corrected chi connectivity index (χ3v) is 3.50. The highest BCUT2D eigenvalue weighted by atomic mass is 35.5. The Bertz CT molecular complexity index is 531. The van der Waals surface area contributed by atoms with Crippen molar-refractivity contribution in [3.63, 3.8) is 0 Å². The van der Waals surface area contributed by atoms with E-state index in [1.807, 2.05) is 0 Å². The standard InChI is InChI=1S/C14H16ClF3N2O2/c15-10-3-4-11(12(6-10)22-8-14(16,17)18)20-13(21)9-2-1-5-19-7-9/h3-4,6,9,19H,1-2,5,7-8H2,(H,20,21)/t9-/m0/s1. The van der Waals surface area contributed by atoms with Crippen molar-refractivity contribution in [2.24, 2.45) is 5.92 Å². The van der Waals surface area contributed by atoms with Gasteiger partial charge in [-0.15, -0.1) is 0 Å². The van der Waals surface area contributed by atoms with Gasteiger partial charge in [0.05, 0.1) is 11.6 Å². The maximum atomic E-state index is 12.3. The molecule has 0 saturated carbocycles. The van der Waals surface area contributed by atoms with Gasteiger partial charge in [-0.2, -0.15) is 13.2 Å². The molecule has 0 radical (unpaired) electrons. The minimum atomic E-state index is -4.46. The number of rotatable bonds is 4. The first-order valence-corrected chi connectivity index (χ1v) is 7.23. The van der Waals surface area contributed by atoms with Crippen LogP contribution in [0.25, 0.3) is 0 Å². The van der Waals surface area contributed by atoms with Gasteiger partial charge in [0, 0.05) is 17.6 Å². The van der Waals surface area contributed by atoms with Crippen molar-refractivity contribution in [2.45, 2.75) is 19.0 Å². The number of benzene rings is 1. The van der Waals surface area contributed by atoms with Gasteiger partial charge in [-0.05, 0) is 31.5 Å². The Kier molecular flexibility index (Phi) is 5.52. The molecule has 1 saturated heterocycles. The molecule has 2 rings (SSSR count). The van der Waals surface area contributed by atoms with Gasteiger partial charge in [-0.25, -0.2) is 0 Å². The SMILES string of the molecule is O=C(Nc1ccc(Cl)cc1OCC(F)(F)F)[C@H]1CCCNC1. The van der Waals surface area contributed by atoms with Crippen LogP contribution >= 0.6 is 11.6 Å². The highest BCUT2D eigenvalue weighted by Crippen LogP contribution is 2.30. The van der Waals surface area contributed by atoms with E-state index in [4.69, 9.17) is 16.3 Å².